The quantitative estimate of drug-likeness (QED) is 0.829. The summed E-state index contributed by atoms with van der Waals surface area (Å²) in [5, 5.41) is 7.21. The van der Waals surface area contributed by atoms with Crippen molar-refractivity contribution < 1.29 is 4.74 Å². The van der Waals surface area contributed by atoms with Gasteiger partial charge in [0.15, 0.2) is 5.82 Å². The van der Waals surface area contributed by atoms with Gasteiger partial charge in [0.05, 0.1) is 6.54 Å². The van der Waals surface area contributed by atoms with E-state index in [1.807, 2.05) is 0 Å². The minimum Gasteiger partial charge on any atom is -0.455 e. The molecule has 3 aliphatic rings. The van der Waals surface area contributed by atoms with Crippen molar-refractivity contribution in [2.45, 2.75) is 12.0 Å². The number of rotatable bonds is 2. The highest BCUT2D eigenvalue weighted by atomic mass is 16.5. The molecule has 0 aliphatic carbocycles. The second-order valence-electron chi connectivity index (χ2n) is 6.24. The monoisotopic (exact) mass is 312 g/mol. The first kappa shape index (κ1) is 12.9. The zero-order valence-corrected chi connectivity index (χ0v) is 12.5. The number of piperidine rings is 1. The van der Waals surface area contributed by atoms with Crippen LogP contribution in [0.2, 0.25) is 0 Å². The molecular weight excluding hydrogens is 296 g/mol. The molecule has 2 aromatic rings. The van der Waals surface area contributed by atoms with Crippen LogP contribution in [-0.4, -0.2) is 67.4 Å². The maximum atomic E-state index is 6.18. The number of nitrogens with zero attached hydrogens (tertiary/aromatic N) is 7. The molecule has 3 aliphatic heterocycles. The summed E-state index contributed by atoms with van der Waals surface area (Å²) in [6.45, 7) is 4.01. The number of hydrogen-bond donors (Lipinski definition) is 1. The van der Waals surface area contributed by atoms with E-state index >= 15 is 0 Å². The Morgan fingerprint density at radius 3 is 3.09 bits per heavy atom. The summed E-state index contributed by atoms with van der Waals surface area (Å²) in [7, 11) is 0. The predicted octanol–water partition coefficient (Wildman–Crippen LogP) is -0.0703. The highest BCUT2D eigenvalue weighted by Crippen LogP contribution is 2.41. The second kappa shape index (κ2) is 4.72. The number of aliphatic imine (C=N–C) groups is 1. The molecule has 2 bridgehead atoms. The van der Waals surface area contributed by atoms with Crippen LogP contribution in [0.15, 0.2) is 30.0 Å². The lowest BCUT2D eigenvalue weighted by Gasteiger charge is -2.32. The molecule has 0 amide bonds. The zero-order chi connectivity index (χ0) is 15.3. The highest BCUT2D eigenvalue weighted by Gasteiger charge is 2.54. The molecule has 2 saturated heterocycles. The van der Waals surface area contributed by atoms with Gasteiger partial charge in [-0.05, 0) is 13.0 Å². The standard InChI is InChI=1S/C14H16N8O/c1-2-21-4-10(1)14(6-21)5-16-13(23-14)20-11-3-12(18-8-17-11)22-9-15-7-19-22/h3,7-10H,1-2,4-6H2,(H,16,17,18,20)/t10-,14+/m1/s1. The number of hydrogen-bond acceptors (Lipinski definition) is 8. The Bertz CT molecular complexity index is 760. The lowest BCUT2D eigenvalue weighted by Crippen LogP contribution is -2.46. The first-order valence-corrected chi connectivity index (χ1v) is 7.71. The normalized spacial score (nSPS) is 31.4. The molecule has 2 fully saturated rings. The van der Waals surface area contributed by atoms with Crippen molar-refractivity contribution in [3.05, 3.63) is 25.0 Å². The molecule has 0 radical (unpaired) electrons. The van der Waals surface area contributed by atoms with E-state index in [0.29, 0.717) is 23.6 Å². The molecule has 0 aromatic carbocycles. The molecule has 118 valence electrons. The van der Waals surface area contributed by atoms with Crippen molar-refractivity contribution in [2.24, 2.45) is 10.9 Å². The van der Waals surface area contributed by atoms with Gasteiger partial charge in [0.25, 0.3) is 6.02 Å². The van der Waals surface area contributed by atoms with Crippen LogP contribution < -0.4 is 5.32 Å². The molecule has 2 aromatic heterocycles. The highest BCUT2D eigenvalue weighted by molar-refractivity contribution is 5.89. The lowest BCUT2D eigenvalue weighted by molar-refractivity contribution is 0.0364. The number of aromatic nitrogens is 5. The Kier molecular flexibility index (Phi) is 2.66. The van der Waals surface area contributed by atoms with Gasteiger partial charge in [-0.15, -0.1) is 0 Å². The van der Waals surface area contributed by atoms with Gasteiger partial charge in [0.1, 0.15) is 30.4 Å². The van der Waals surface area contributed by atoms with Crippen LogP contribution in [0.25, 0.3) is 5.82 Å². The topological polar surface area (TPSA) is 93.3 Å². The van der Waals surface area contributed by atoms with Crippen molar-refractivity contribution in [2.75, 3.05) is 31.5 Å². The van der Waals surface area contributed by atoms with E-state index in [1.54, 1.807) is 17.1 Å². The van der Waals surface area contributed by atoms with Gasteiger partial charge in [-0.3, -0.25) is 10.2 Å². The fraction of sp³-hybridized carbons (Fsp3) is 0.500. The van der Waals surface area contributed by atoms with E-state index < -0.39 is 0 Å². The summed E-state index contributed by atoms with van der Waals surface area (Å²) in [6.07, 6.45) is 5.74. The van der Waals surface area contributed by atoms with Gasteiger partial charge in [-0.2, -0.15) is 5.10 Å². The van der Waals surface area contributed by atoms with Gasteiger partial charge in [0, 0.05) is 25.1 Å². The smallest absolute Gasteiger partial charge is 0.291 e. The van der Waals surface area contributed by atoms with Crippen LogP contribution in [0.4, 0.5) is 5.82 Å². The Balaban J connectivity index is 1.32. The summed E-state index contributed by atoms with van der Waals surface area (Å²) in [4.78, 5) is 19.3. The number of fused-ring (bicyclic) bond motifs is 3. The first-order chi connectivity index (χ1) is 11.3. The minimum absolute atomic E-state index is 0.137. The van der Waals surface area contributed by atoms with Gasteiger partial charge >= 0.3 is 0 Å². The largest absolute Gasteiger partial charge is 0.455 e. The molecule has 23 heavy (non-hydrogen) atoms. The fourth-order valence-electron chi connectivity index (χ4n) is 3.71. The van der Waals surface area contributed by atoms with Crippen LogP contribution in [0.3, 0.4) is 0 Å². The van der Waals surface area contributed by atoms with Gasteiger partial charge in [-0.25, -0.2) is 24.6 Å². The number of amidine groups is 1. The van der Waals surface area contributed by atoms with Gasteiger partial charge in [-0.1, -0.05) is 0 Å². The molecule has 1 unspecified atom stereocenters. The average Bonchev–Trinajstić information content (AvgIpc) is 3.32. The van der Waals surface area contributed by atoms with Crippen LogP contribution in [0.5, 0.6) is 0 Å². The molecule has 5 rings (SSSR count). The van der Waals surface area contributed by atoms with E-state index in [4.69, 9.17) is 4.74 Å². The van der Waals surface area contributed by atoms with Crippen molar-refractivity contribution in [1.29, 1.82) is 0 Å². The Labute approximate surface area is 132 Å². The summed E-state index contributed by atoms with van der Waals surface area (Å²) in [5.41, 5.74) is -0.137. The maximum Gasteiger partial charge on any atom is 0.291 e. The third-order valence-corrected chi connectivity index (χ3v) is 4.84. The van der Waals surface area contributed by atoms with E-state index in [2.05, 4.69) is 35.3 Å². The molecule has 5 heterocycles. The SMILES string of the molecule is c1nc(NC2=NC[C@@]3(CN4CC[C@@H]3C4)O2)cc(-n2cncn2)n1. The van der Waals surface area contributed by atoms with E-state index in [9.17, 15) is 0 Å². The van der Waals surface area contributed by atoms with Gasteiger partial charge in [0.2, 0.25) is 0 Å². The van der Waals surface area contributed by atoms with Crippen LogP contribution >= 0.6 is 0 Å². The molecular formula is C14H16N8O. The summed E-state index contributed by atoms with van der Waals surface area (Å²) < 4.78 is 7.76. The molecule has 3 atom stereocenters. The van der Waals surface area contributed by atoms with Crippen molar-refractivity contribution in [3.63, 3.8) is 0 Å². The fourth-order valence-corrected chi connectivity index (χ4v) is 3.71. The Morgan fingerprint density at radius 2 is 2.30 bits per heavy atom. The Morgan fingerprint density at radius 1 is 1.30 bits per heavy atom. The van der Waals surface area contributed by atoms with Crippen molar-refractivity contribution >= 4 is 11.8 Å². The summed E-state index contributed by atoms with van der Waals surface area (Å²) in [5.74, 6) is 1.85. The van der Waals surface area contributed by atoms with E-state index in [0.717, 1.165) is 19.6 Å². The van der Waals surface area contributed by atoms with Crippen molar-refractivity contribution in [3.8, 4) is 5.82 Å². The molecule has 0 saturated carbocycles. The first-order valence-electron chi connectivity index (χ1n) is 7.71. The molecule has 1 spiro atoms. The molecule has 1 N–H and O–H groups in total. The number of anilines is 1. The maximum absolute atomic E-state index is 6.18. The summed E-state index contributed by atoms with van der Waals surface area (Å²) in [6, 6.07) is 2.33. The number of ether oxygens (including phenoxy) is 1. The number of nitrogens with one attached hydrogen (secondary N) is 1. The lowest BCUT2D eigenvalue weighted by atomic mass is 9.88. The average molecular weight is 312 g/mol. The van der Waals surface area contributed by atoms with Crippen LogP contribution in [-0.2, 0) is 4.74 Å². The minimum atomic E-state index is -0.137. The Hall–Kier alpha value is -2.55. The van der Waals surface area contributed by atoms with E-state index in [-0.39, 0.29) is 5.60 Å². The van der Waals surface area contributed by atoms with Gasteiger partial charge < -0.3 is 4.74 Å². The van der Waals surface area contributed by atoms with Crippen molar-refractivity contribution in [1.82, 2.24) is 29.6 Å². The predicted molar refractivity (Wildman–Crippen MR) is 81.2 cm³/mol. The molecule has 9 nitrogen and oxygen atoms in total. The third-order valence-electron chi connectivity index (χ3n) is 4.84. The van der Waals surface area contributed by atoms with Crippen LogP contribution in [0, 0.1) is 5.92 Å². The summed E-state index contributed by atoms with van der Waals surface area (Å²) >= 11 is 0. The zero-order valence-electron chi connectivity index (χ0n) is 12.5. The van der Waals surface area contributed by atoms with E-state index in [1.165, 1.54) is 25.6 Å². The second-order valence-corrected chi connectivity index (χ2v) is 6.24. The third kappa shape index (κ3) is 2.07. The molecule has 9 heteroatoms. The van der Waals surface area contributed by atoms with Crippen LogP contribution in [0.1, 0.15) is 6.42 Å².